The summed E-state index contributed by atoms with van der Waals surface area (Å²) < 4.78 is 50.0. The third-order valence-electron chi connectivity index (χ3n) is 7.82. The maximum atomic E-state index is 14.9. The van der Waals surface area contributed by atoms with Crippen LogP contribution in [0.5, 0.6) is 0 Å². The number of hydrogen-bond donors (Lipinski definition) is 2. The summed E-state index contributed by atoms with van der Waals surface area (Å²) in [6.45, 7) is 5.01. The van der Waals surface area contributed by atoms with Crippen LogP contribution >= 0.6 is 11.6 Å². The van der Waals surface area contributed by atoms with E-state index >= 15 is 0 Å². The summed E-state index contributed by atoms with van der Waals surface area (Å²) in [5.74, 6) is -1.50. The second-order valence-electron chi connectivity index (χ2n) is 9.91. The first-order valence-corrected chi connectivity index (χ1v) is 13.4. The van der Waals surface area contributed by atoms with Gasteiger partial charge in [-0.25, -0.2) is 0 Å². The van der Waals surface area contributed by atoms with Crippen LogP contribution in [0, 0.1) is 0 Å². The average molecular weight is 583 g/mol. The lowest BCUT2D eigenvalue weighted by molar-refractivity contribution is -0.143. The van der Waals surface area contributed by atoms with Crippen LogP contribution in [-0.2, 0) is 21.2 Å². The fraction of sp³-hybridized carbons (Fsp3) is 0.560. The molecule has 5 heterocycles. The van der Waals surface area contributed by atoms with Crippen LogP contribution in [0.1, 0.15) is 48.6 Å². The van der Waals surface area contributed by atoms with Gasteiger partial charge in [-0.2, -0.15) is 22.8 Å². The van der Waals surface area contributed by atoms with Crippen molar-refractivity contribution in [1.82, 2.24) is 30.0 Å². The predicted molar refractivity (Wildman–Crippen MR) is 139 cm³/mol. The van der Waals surface area contributed by atoms with Crippen LogP contribution in [0.2, 0.25) is 0 Å². The number of pyridine rings is 1. The molecule has 40 heavy (non-hydrogen) atoms. The maximum absolute atomic E-state index is 14.9. The SMILES string of the molecule is CCC1(Cl)N(C(C)C(N)=O)c2nc(C3=CCOCC3)nn2C(=O)C1(c1cccnc1C(F)(F)F)N1CCNCC1. The van der Waals surface area contributed by atoms with Crippen molar-refractivity contribution in [2.75, 3.05) is 44.3 Å². The molecular formula is C25H30ClF3N8O3. The number of amides is 1. The number of carbonyl (C=O) groups excluding carboxylic acids is 2. The van der Waals surface area contributed by atoms with Crippen molar-refractivity contribution < 1.29 is 27.5 Å². The van der Waals surface area contributed by atoms with Crippen molar-refractivity contribution in [3.63, 3.8) is 0 Å². The van der Waals surface area contributed by atoms with Crippen molar-refractivity contribution in [3.05, 3.63) is 41.5 Å². The van der Waals surface area contributed by atoms with Gasteiger partial charge in [-0.1, -0.05) is 30.7 Å². The summed E-state index contributed by atoms with van der Waals surface area (Å²) in [5, 5.41) is 7.66. The lowest BCUT2D eigenvalue weighted by Gasteiger charge is -2.59. The Morgan fingerprint density at radius 2 is 2.05 bits per heavy atom. The molecule has 3 unspecified atom stereocenters. The van der Waals surface area contributed by atoms with Gasteiger partial charge < -0.3 is 20.7 Å². The Kier molecular flexibility index (Phi) is 7.40. The molecule has 2 aromatic heterocycles. The van der Waals surface area contributed by atoms with Crippen LogP contribution in [0.3, 0.4) is 0 Å². The number of anilines is 1. The van der Waals surface area contributed by atoms with Crippen molar-refractivity contribution in [2.24, 2.45) is 5.73 Å². The number of nitrogens with one attached hydrogen (secondary N) is 1. The van der Waals surface area contributed by atoms with Crippen molar-refractivity contribution in [2.45, 2.75) is 49.4 Å². The molecule has 1 amide bonds. The number of halogens is 4. The van der Waals surface area contributed by atoms with E-state index in [1.807, 2.05) is 0 Å². The van der Waals surface area contributed by atoms with E-state index in [1.165, 1.54) is 24.0 Å². The van der Waals surface area contributed by atoms with Crippen LogP contribution in [-0.4, -0.2) is 86.9 Å². The third kappa shape index (κ3) is 4.19. The number of rotatable bonds is 6. The molecule has 11 nitrogen and oxygen atoms in total. The molecular weight excluding hydrogens is 553 g/mol. The molecule has 0 bridgehead atoms. The smallest absolute Gasteiger partial charge is 0.377 e. The second-order valence-corrected chi connectivity index (χ2v) is 10.5. The Morgan fingerprint density at radius 3 is 2.65 bits per heavy atom. The molecule has 0 aromatic carbocycles. The summed E-state index contributed by atoms with van der Waals surface area (Å²) in [6, 6.07) is 1.39. The zero-order valence-electron chi connectivity index (χ0n) is 22.0. The number of alkyl halides is 4. The topological polar surface area (TPSA) is 132 Å². The number of nitrogens with two attached hydrogens (primary N) is 1. The first kappa shape index (κ1) is 28.5. The summed E-state index contributed by atoms with van der Waals surface area (Å²) in [7, 11) is 0. The molecule has 0 aliphatic carbocycles. The molecule has 3 aliphatic heterocycles. The van der Waals surface area contributed by atoms with Gasteiger partial charge in [0.2, 0.25) is 11.9 Å². The number of piperazine rings is 1. The largest absolute Gasteiger partial charge is 0.433 e. The number of hydrogen-bond acceptors (Lipinski definition) is 9. The molecule has 1 fully saturated rings. The highest BCUT2D eigenvalue weighted by Crippen LogP contribution is 2.55. The number of primary amides is 1. The fourth-order valence-corrected chi connectivity index (χ4v) is 6.46. The fourth-order valence-electron chi connectivity index (χ4n) is 5.94. The molecule has 15 heteroatoms. The number of nitrogens with zero attached hydrogens (tertiary/aromatic N) is 6. The monoisotopic (exact) mass is 582 g/mol. The number of carbonyl (C=O) groups is 2. The molecule has 2 aromatic rings. The number of ether oxygens (including phenoxy) is 1. The summed E-state index contributed by atoms with van der Waals surface area (Å²) in [5.41, 5.74) is 2.61. The second kappa shape index (κ2) is 10.4. The number of aromatic nitrogens is 4. The highest BCUT2D eigenvalue weighted by atomic mass is 35.5. The molecule has 216 valence electrons. The maximum Gasteiger partial charge on any atom is 0.433 e. The van der Waals surface area contributed by atoms with E-state index in [-0.39, 0.29) is 31.3 Å². The molecule has 3 aliphatic rings. The Morgan fingerprint density at radius 1 is 1.32 bits per heavy atom. The standard InChI is InChI=1S/C25H30ClF3N8O3/c1-3-23(26)24(35-11-9-31-10-12-35,17-5-4-8-32-18(17)25(27,28)29)21(39)37-22(36(23)15(2)19(30)38)33-20(34-37)16-6-13-40-14-7-16/h4-6,8,15,31H,3,7,9-14H2,1-2H3,(H2,30,38). The van der Waals surface area contributed by atoms with E-state index in [1.54, 1.807) is 17.9 Å². The number of fused-ring (bicyclic) bond motifs is 1. The molecule has 3 N–H and O–H groups in total. The van der Waals surface area contributed by atoms with E-state index < -0.39 is 45.8 Å². The van der Waals surface area contributed by atoms with Gasteiger partial charge in [-0.15, -0.1) is 5.10 Å². The van der Waals surface area contributed by atoms with Gasteiger partial charge in [0.1, 0.15) is 16.7 Å². The van der Waals surface area contributed by atoms with E-state index in [0.29, 0.717) is 38.3 Å². The van der Waals surface area contributed by atoms with Gasteiger partial charge in [-0.05, 0) is 31.4 Å². The molecule has 3 atom stereocenters. The third-order valence-corrected chi connectivity index (χ3v) is 8.54. The lowest BCUT2D eigenvalue weighted by Crippen LogP contribution is -2.77. The van der Waals surface area contributed by atoms with Crippen molar-refractivity contribution in [3.8, 4) is 0 Å². The van der Waals surface area contributed by atoms with Crippen LogP contribution in [0.25, 0.3) is 5.57 Å². The van der Waals surface area contributed by atoms with Gasteiger partial charge in [0, 0.05) is 37.9 Å². The first-order valence-electron chi connectivity index (χ1n) is 13.0. The highest BCUT2D eigenvalue weighted by Gasteiger charge is 2.69. The Bertz CT molecular complexity index is 1340. The zero-order chi connectivity index (χ0) is 28.9. The van der Waals surface area contributed by atoms with Gasteiger partial charge in [0.15, 0.2) is 11.4 Å². The minimum Gasteiger partial charge on any atom is -0.377 e. The summed E-state index contributed by atoms with van der Waals surface area (Å²) >= 11 is 7.52. The summed E-state index contributed by atoms with van der Waals surface area (Å²) in [6.07, 6.45) is -1.71. The van der Waals surface area contributed by atoms with Crippen LogP contribution < -0.4 is 16.0 Å². The molecule has 5 rings (SSSR count). The van der Waals surface area contributed by atoms with E-state index in [4.69, 9.17) is 22.1 Å². The van der Waals surface area contributed by atoms with Crippen LogP contribution in [0.15, 0.2) is 24.4 Å². The lowest BCUT2D eigenvalue weighted by atomic mass is 9.74. The highest BCUT2D eigenvalue weighted by molar-refractivity contribution is 6.29. The van der Waals surface area contributed by atoms with E-state index in [2.05, 4.69) is 20.4 Å². The zero-order valence-corrected chi connectivity index (χ0v) is 22.8. The Labute approximate surface area is 233 Å². The molecule has 1 saturated heterocycles. The minimum atomic E-state index is -4.91. The first-order chi connectivity index (χ1) is 19.0. The molecule has 0 spiro atoms. The average Bonchev–Trinajstić information content (AvgIpc) is 3.39. The molecule has 0 radical (unpaired) electrons. The quantitative estimate of drug-likeness (QED) is 0.388. The van der Waals surface area contributed by atoms with E-state index in [0.717, 1.165) is 10.9 Å². The van der Waals surface area contributed by atoms with Gasteiger partial charge in [-0.3, -0.25) is 19.5 Å². The Hall–Kier alpha value is -3.07. The van der Waals surface area contributed by atoms with Gasteiger partial charge in [0.05, 0.1) is 13.2 Å². The van der Waals surface area contributed by atoms with Crippen LogP contribution in [0.4, 0.5) is 19.1 Å². The Balaban J connectivity index is 1.89. The van der Waals surface area contributed by atoms with Crippen molar-refractivity contribution >= 4 is 34.9 Å². The minimum absolute atomic E-state index is 0.0627. The molecule has 0 saturated carbocycles. The van der Waals surface area contributed by atoms with Gasteiger partial charge in [0.25, 0.3) is 5.91 Å². The predicted octanol–water partition coefficient (Wildman–Crippen LogP) is 1.98. The van der Waals surface area contributed by atoms with Gasteiger partial charge >= 0.3 is 6.18 Å². The summed E-state index contributed by atoms with van der Waals surface area (Å²) in [4.78, 5) is 36.9. The van der Waals surface area contributed by atoms with E-state index in [9.17, 15) is 22.8 Å². The normalized spacial score (nSPS) is 26.8. The van der Waals surface area contributed by atoms with Crippen molar-refractivity contribution in [1.29, 1.82) is 0 Å².